The lowest BCUT2D eigenvalue weighted by Crippen LogP contribution is -2.41. The molecule has 0 radical (unpaired) electrons. The molecule has 1 saturated heterocycles. The normalized spacial score (nSPS) is 22.4. The Morgan fingerprint density at radius 1 is 1.20 bits per heavy atom. The maximum absolute atomic E-state index is 5.90. The van der Waals surface area contributed by atoms with Crippen LogP contribution in [0.3, 0.4) is 0 Å². The van der Waals surface area contributed by atoms with Crippen molar-refractivity contribution in [3.8, 4) is 0 Å². The SMILES string of the molecule is CC(N)c1cccc(/C=C/B2OC(C)(C)C(C)(C)O2)n1. The van der Waals surface area contributed by atoms with Crippen LogP contribution in [0.4, 0.5) is 0 Å². The lowest BCUT2D eigenvalue weighted by atomic mass is 9.89. The van der Waals surface area contributed by atoms with Crippen LogP contribution in [-0.4, -0.2) is 23.3 Å². The van der Waals surface area contributed by atoms with Crippen molar-refractivity contribution in [3.05, 3.63) is 35.6 Å². The van der Waals surface area contributed by atoms with E-state index in [1.165, 1.54) is 0 Å². The molecule has 20 heavy (non-hydrogen) atoms. The van der Waals surface area contributed by atoms with Crippen molar-refractivity contribution in [1.29, 1.82) is 0 Å². The Hall–Kier alpha value is -1.17. The van der Waals surface area contributed by atoms with Crippen LogP contribution < -0.4 is 5.73 Å². The first-order chi connectivity index (χ1) is 9.21. The molecule has 0 aliphatic carbocycles. The van der Waals surface area contributed by atoms with Crippen molar-refractivity contribution < 1.29 is 9.31 Å². The van der Waals surface area contributed by atoms with Crippen molar-refractivity contribution in [2.24, 2.45) is 5.73 Å². The quantitative estimate of drug-likeness (QED) is 0.861. The summed E-state index contributed by atoms with van der Waals surface area (Å²) in [4.78, 5) is 4.48. The van der Waals surface area contributed by atoms with E-state index in [4.69, 9.17) is 15.0 Å². The molecule has 1 aromatic heterocycles. The van der Waals surface area contributed by atoms with E-state index in [-0.39, 0.29) is 24.4 Å². The first-order valence-electron chi connectivity index (χ1n) is 6.98. The molecule has 108 valence electrons. The van der Waals surface area contributed by atoms with Gasteiger partial charge in [0.15, 0.2) is 0 Å². The molecule has 4 nitrogen and oxygen atoms in total. The van der Waals surface area contributed by atoms with Gasteiger partial charge in [-0.15, -0.1) is 0 Å². The molecule has 0 spiro atoms. The smallest absolute Gasteiger partial charge is 0.400 e. The van der Waals surface area contributed by atoms with Crippen molar-refractivity contribution >= 4 is 13.2 Å². The second kappa shape index (κ2) is 5.32. The molecular formula is C15H23BN2O2. The molecule has 1 aliphatic rings. The minimum Gasteiger partial charge on any atom is -0.400 e. The lowest BCUT2D eigenvalue weighted by Gasteiger charge is -2.32. The van der Waals surface area contributed by atoms with Crippen LogP contribution in [0.15, 0.2) is 24.2 Å². The fourth-order valence-corrected chi connectivity index (χ4v) is 1.96. The van der Waals surface area contributed by atoms with Crippen LogP contribution in [0.5, 0.6) is 0 Å². The molecule has 5 heteroatoms. The van der Waals surface area contributed by atoms with Gasteiger partial charge in [-0.05, 0) is 52.8 Å². The van der Waals surface area contributed by atoms with Crippen molar-refractivity contribution in [2.45, 2.75) is 51.9 Å². The lowest BCUT2D eigenvalue weighted by molar-refractivity contribution is 0.00578. The molecular weight excluding hydrogens is 251 g/mol. The van der Waals surface area contributed by atoms with Gasteiger partial charge in [0.1, 0.15) is 0 Å². The molecule has 1 unspecified atom stereocenters. The standard InChI is InChI=1S/C15H23BN2O2/c1-11(17)13-8-6-7-12(18-13)9-10-16-19-14(2,3)15(4,5)20-16/h6-11H,17H2,1-5H3/b10-9+. The number of nitrogens with two attached hydrogens (primary N) is 1. The highest BCUT2D eigenvalue weighted by Crippen LogP contribution is 2.36. The van der Waals surface area contributed by atoms with Gasteiger partial charge in [0.2, 0.25) is 0 Å². The monoisotopic (exact) mass is 274 g/mol. The Balaban J connectivity index is 2.10. The molecule has 0 bridgehead atoms. The van der Waals surface area contributed by atoms with Crippen molar-refractivity contribution in [1.82, 2.24) is 4.98 Å². The van der Waals surface area contributed by atoms with E-state index in [0.717, 1.165) is 11.4 Å². The Morgan fingerprint density at radius 2 is 1.80 bits per heavy atom. The second-order valence-corrected chi connectivity index (χ2v) is 6.26. The van der Waals surface area contributed by atoms with Gasteiger partial charge in [-0.3, -0.25) is 4.98 Å². The third-order valence-electron chi connectivity index (χ3n) is 3.95. The van der Waals surface area contributed by atoms with Crippen LogP contribution in [0.2, 0.25) is 0 Å². The van der Waals surface area contributed by atoms with Gasteiger partial charge in [-0.25, -0.2) is 0 Å². The summed E-state index contributed by atoms with van der Waals surface area (Å²) in [7, 11) is -0.347. The predicted octanol–water partition coefficient (Wildman–Crippen LogP) is 2.75. The zero-order chi connectivity index (χ0) is 15.0. The Morgan fingerprint density at radius 3 is 2.35 bits per heavy atom. The van der Waals surface area contributed by atoms with Crippen LogP contribution >= 0.6 is 0 Å². The average molecular weight is 274 g/mol. The number of hydrogen-bond acceptors (Lipinski definition) is 4. The summed E-state index contributed by atoms with van der Waals surface area (Å²) in [6, 6.07) is 5.75. The summed E-state index contributed by atoms with van der Waals surface area (Å²) in [6.07, 6.45) is 1.91. The third kappa shape index (κ3) is 3.11. The van der Waals surface area contributed by atoms with Crippen LogP contribution in [0.25, 0.3) is 6.08 Å². The number of aromatic nitrogens is 1. The summed E-state index contributed by atoms with van der Waals surface area (Å²) < 4.78 is 11.8. The molecule has 1 atom stereocenters. The Bertz CT molecular complexity index is 496. The highest BCUT2D eigenvalue weighted by molar-refractivity contribution is 6.52. The second-order valence-electron chi connectivity index (χ2n) is 6.26. The van der Waals surface area contributed by atoms with E-state index in [1.807, 2.05) is 64.9 Å². The summed E-state index contributed by atoms with van der Waals surface area (Å²) in [6.45, 7) is 10.1. The molecule has 2 rings (SSSR count). The van der Waals surface area contributed by atoms with Gasteiger partial charge < -0.3 is 15.0 Å². The maximum Gasteiger partial charge on any atom is 0.487 e. The van der Waals surface area contributed by atoms with E-state index >= 15 is 0 Å². The minimum absolute atomic E-state index is 0.0693. The van der Waals surface area contributed by atoms with Gasteiger partial charge in [-0.2, -0.15) is 0 Å². The maximum atomic E-state index is 5.90. The van der Waals surface area contributed by atoms with Crippen molar-refractivity contribution in [3.63, 3.8) is 0 Å². The van der Waals surface area contributed by atoms with Gasteiger partial charge >= 0.3 is 7.12 Å². The molecule has 1 fully saturated rings. The Labute approximate surface area is 121 Å². The summed E-state index contributed by atoms with van der Waals surface area (Å²) in [5, 5.41) is 0. The molecule has 2 N–H and O–H groups in total. The van der Waals surface area contributed by atoms with Gasteiger partial charge in [0.25, 0.3) is 0 Å². The minimum atomic E-state index is -0.347. The summed E-state index contributed by atoms with van der Waals surface area (Å²) in [5.41, 5.74) is 6.94. The average Bonchev–Trinajstić information content (AvgIpc) is 2.56. The topological polar surface area (TPSA) is 57.4 Å². The van der Waals surface area contributed by atoms with Crippen LogP contribution in [0.1, 0.15) is 52.0 Å². The number of pyridine rings is 1. The van der Waals surface area contributed by atoms with E-state index in [0.29, 0.717) is 0 Å². The predicted molar refractivity (Wildman–Crippen MR) is 82.0 cm³/mol. The van der Waals surface area contributed by atoms with Crippen LogP contribution in [-0.2, 0) is 9.31 Å². The summed E-state index contributed by atoms with van der Waals surface area (Å²) in [5.74, 6) is 1.89. The first kappa shape index (κ1) is 15.2. The largest absolute Gasteiger partial charge is 0.487 e. The Kier molecular flexibility index (Phi) is 4.05. The fraction of sp³-hybridized carbons (Fsp3) is 0.533. The van der Waals surface area contributed by atoms with E-state index < -0.39 is 0 Å². The van der Waals surface area contributed by atoms with Gasteiger partial charge in [0.05, 0.1) is 22.6 Å². The molecule has 1 aliphatic heterocycles. The zero-order valence-corrected chi connectivity index (χ0v) is 12.9. The molecule has 0 saturated carbocycles. The number of rotatable bonds is 3. The van der Waals surface area contributed by atoms with E-state index in [1.54, 1.807) is 0 Å². The molecule has 0 amide bonds. The fourth-order valence-electron chi connectivity index (χ4n) is 1.96. The van der Waals surface area contributed by atoms with Gasteiger partial charge in [-0.1, -0.05) is 12.0 Å². The highest BCUT2D eigenvalue weighted by atomic mass is 16.7. The highest BCUT2D eigenvalue weighted by Gasteiger charge is 2.49. The number of hydrogen-bond donors (Lipinski definition) is 1. The van der Waals surface area contributed by atoms with E-state index in [2.05, 4.69) is 4.98 Å². The first-order valence-corrected chi connectivity index (χ1v) is 6.98. The van der Waals surface area contributed by atoms with Crippen molar-refractivity contribution in [2.75, 3.05) is 0 Å². The summed E-state index contributed by atoms with van der Waals surface area (Å²) >= 11 is 0. The molecule has 0 aromatic carbocycles. The third-order valence-corrected chi connectivity index (χ3v) is 3.95. The number of nitrogens with zero attached hydrogens (tertiary/aromatic N) is 1. The molecule has 1 aromatic rings. The van der Waals surface area contributed by atoms with Gasteiger partial charge in [0, 0.05) is 6.04 Å². The zero-order valence-electron chi connectivity index (χ0n) is 12.9. The van der Waals surface area contributed by atoms with Crippen LogP contribution in [0, 0.1) is 0 Å². The molecule has 2 heterocycles. The van der Waals surface area contributed by atoms with E-state index in [9.17, 15) is 0 Å².